The van der Waals surface area contributed by atoms with Gasteiger partial charge in [0.2, 0.25) is 0 Å². The lowest BCUT2D eigenvalue weighted by atomic mass is 10.2. The zero-order chi connectivity index (χ0) is 12.0. The number of rotatable bonds is 6. The van der Waals surface area contributed by atoms with E-state index >= 15 is 0 Å². The molecule has 90 valence electrons. The van der Waals surface area contributed by atoms with Gasteiger partial charge in [-0.1, -0.05) is 0 Å². The molecule has 0 radical (unpaired) electrons. The van der Waals surface area contributed by atoms with Crippen LogP contribution < -0.4 is 10.2 Å². The summed E-state index contributed by atoms with van der Waals surface area (Å²) in [6, 6.07) is 2.41. The highest BCUT2D eigenvalue weighted by molar-refractivity contribution is 5.56. The minimum absolute atomic E-state index is 0.156. The van der Waals surface area contributed by atoms with Crippen LogP contribution in [0, 0.1) is 0 Å². The van der Waals surface area contributed by atoms with Crippen molar-refractivity contribution >= 4 is 11.4 Å². The quantitative estimate of drug-likeness (QED) is 0.771. The van der Waals surface area contributed by atoms with E-state index in [1.165, 1.54) is 0 Å². The molecule has 0 aliphatic carbocycles. The SMILES string of the molecule is CCNc1cncc(N(CCO)C(C)C)c1. The number of hydrogen-bond acceptors (Lipinski definition) is 4. The molecule has 0 bridgehead atoms. The Balaban J connectivity index is 2.86. The van der Waals surface area contributed by atoms with Gasteiger partial charge >= 0.3 is 0 Å². The molecule has 0 spiro atoms. The molecule has 0 saturated carbocycles. The lowest BCUT2D eigenvalue weighted by Gasteiger charge is -2.28. The Kier molecular flexibility index (Phi) is 5.05. The summed E-state index contributed by atoms with van der Waals surface area (Å²) in [7, 11) is 0. The summed E-state index contributed by atoms with van der Waals surface area (Å²) < 4.78 is 0. The van der Waals surface area contributed by atoms with Crippen molar-refractivity contribution in [2.75, 3.05) is 29.9 Å². The van der Waals surface area contributed by atoms with E-state index in [0.717, 1.165) is 17.9 Å². The highest BCUT2D eigenvalue weighted by Crippen LogP contribution is 2.19. The van der Waals surface area contributed by atoms with Crippen LogP contribution in [0.1, 0.15) is 20.8 Å². The van der Waals surface area contributed by atoms with Crippen LogP contribution in [0.2, 0.25) is 0 Å². The Morgan fingerprint density at radius 1 is 1.44 bits per heavy atom. The Bertz CT molecular complexity index is 315. The number of aliphatic hydroxyl groups excluding tert-OH is 1. The van der Waals surface area contributed by atoms with E-state index in [1.807, 2.05) is 12.4 Å². The smallest absolute Gasteiger partial charge is 0.0606 e. The number of anilines is 2. The first-order valence-electron chi connectivity index (χ1n) is 5.75. The summed E-state index contributed by atoms with van der Waals surface area (Å²) in [6.45, 7) is 7.94. The molecule has 0 aliphatic rings. The molecule has 0 unspecified atom stereocenters. The van der Waals surface area contributed by atoms with Crippen molar-refractivity contribution in [2.45, 2.75) is 26.8 Å². The van der Waals surface area contributed by atoms with Crippen molar-refractivity contribution < 1.29 is 5.11 Å². The predicted molar refractivity (Wildman–Crippen MR) is 68.0 cm³/mol. The zero-order valence-electron chi connectivity index (χ0n) is 10.3. The van der Waals surface area contributed by atoms with Crippen molar-refractivity contribution in [3.63, 3.8) is 0 Å². The molecular formula is C12H21N3O. The number of aliphatic hydroxyl groups is 1. The molecular weight excluding hydrogens is 202 g/mol. The largest absolute Gasteiger partial charge is 0.395 e. The van der Waals surface area contributed by atoms with E-state index in [-0.39, 0.29) is 6.61 Å². The van der Waals surface area contributed by atoms with E-state index in [4.69, 9.17) is 5.11 Å². The number of hydrogen-bond donors (Lipinski definition) is 2. The van der Waals surface area contributed by atoms with Crippen molar-refractivity contribution in [2.24, 2.45) is 0 Å². The normalized spacial score (nSPS) is 10.6. The third kappa shape index (κ3) is 3.38. The zero-order valence-corrected chi connectivity index (χ0v) is 10.3. The molecule has 1 aromatic rings. The minimum Gasteiger partial charge on any atom is -0.395 e. The van der Waals surface area contributed by atoms with E-state index < -0.39 is 0 Å². The van der Waals surface area contributed by atoms with Crippen LogP contribution in [0.3, 0.4) is 0 Å². The van der Waals surface area contributed by atoms with Crippen LogP contribution in [0.5, 0.6) is 0 Å². The predicted octanol–water partition coefficient (Wildman–Crippen LogP) is 1.72. The first-order chi connectivity index (χ1) is 7.69. The monoisotopic (exact) mass is 223 g/mol. The molecule has 2 N–H and O–H groups in total. The highest BCUT2D eigenvalue weighted by Gasteiger charge is 2.10. The van der Waals surface area contributed by atoms with Gasteiger partial charge in [-0.05, 0) is 26.8 Å². The Labute approximate surface area is 97.3 Å². The van der Waals surface area contributed by atoms with Crippen LogP contribution in [0.4, 0.5) is 11.4 Å². The lowest BCUT2D eigenvalue weighted by Crippen LogP contribution is -2.33. The number of nitrogens with one attached hydrogen (secondary N) is 1. The van der Waals surface area contributed by atoms with E-state index in [0.29, 0.717) is 12.6 Å². The standard InChI is InChI=1S/C12H21N3O/c1-4-14-11-7-12(9-13-8-11)15(5-6-16)10(2)3/h7-10,14,16H,4-6H2,1-3H3. The molecule has 4 nitrogen and oxygen atoms in total. The fraction of sp³-hybridized carbons (Fsp3) is 0.583. The number of pyridine rings is 1. The van der Waals surface area contributed by atoms with Crippen LogP contribution in [0.25, 0.3) is 0 Å². The van der Waals surface area contributed by atoms with Gasteiger partial charge in [0.25, 0.3) is 0 Å². The molecule has 1 heterocycles. The molecule has 1 aromatic heterocycles. The number of aromatic nitrogens is 1. The highest BCUT2D eigenvalue weighted by atomic mass is 16.3. The fourth-order valence-corrected chi connectivity index (χ4v) is 1.68. The van der Waals surface area contributed by atoms with Crippen LogP contribution >= 0.6 is 0 Å². The summed E-state index contributed by atoms with van der Waals surface area (Å²) >= 11 is 0. The van der Waals surface area contributed by atoms with Crippen LogP contribution in [-0.4, -0.2) is 35.8 Å². The van der Waals surface area contributed by atoms with Crippen molar-refractivity contribution in [1.82, 2.24) is 4.98 Å². The third-order valence-corrected chi connectivity index (χ3v) is 2.40. The van der Waals surface area contributed by atoms with E-state index in [9.17, 15) is 0 Å². The average Bonchev–Trinajstić information content (AvgIpc) is 2.26. The number of nitrogens with zero attached hydrogens (tertiary/aromatic N) is 2. The Hall–Kier alpha value is -1.29. The Morgan fingerprint density at radius 3 is 2.75 bits per heavy atom. The molecule has 0 atom stereocenters. The van der Waals surface area contributed by atoms with Gasteiger partial charge in [-0.25, -0.2) is 0 Å². The second-order valence-corrected chi connectivity index (χ2v) is 3.97. The van der Waals surface area contributed by atoms with Gasteiger partial charge in [0.05, 0.1) is 30.4 Å². The molecule has 0 amide bonds. The molecule has 0 fully saturated rings. The van der Waals surface area contributed by atoms with Crippen molar-refractivity contribution in [3.05, 3.63) is 18.5 Å². The van der Waals surface area contributed by atoms with E-state index in [2.05, 4.69) is 42.0 Å². The maximum Gasteiger partial charge on any atom is 0.0606 e. The average molecular weight is 223 g/mol. The molecule has 0 aromatic carbocycles. The third-order valence-electron chi connectivity index (χ3n) is 2.40. The van der Waals surface area contributed by atoms with Gasteiger partial charge in [-0.15, -0.1) is 0 Å². The van der Waals surface area contributed by atoms with Crippen molar-refractivity contribution in [3.8, 4) is 0 Å². The van der Waals surface area contributed by atoms with Gasteiger partial charge in [0.1, 0.15) is 0 Å². The first-order valence-corrected chi connectivity index (χ1v) is 5.75. The van der Waals surface area contributed by atoms with Crippen molar-refractivity contribution in [1.29, 1.82) is 0 Å². The minimum atomic E-state index is 0.156. The second-order valence-electron chi connectivity index (χ2n) is 3.97. The summed E-state index contributed by atoms with van der Waals surface area (Å²) in [5, 5.41) is 12.3. The van der Waals surface area contributed by atoms with Crippen LogP contribution in [-0.2, 0) is 0 Å². The summed E-state index contributed by atoms with van der Waals surface area (Å²) in [5.74, 6) is 0. The fourth-order valence-electron chi connectivity index (χ4n) is 1.68. The van der Waals surface area contributed by atoms with Gasteiger partial charge in [-0.3, -0.25) is 4.98 Å². The second kappa shape index (κ2) is 6.33. The molecule has 0 aliphatic heterocycles. The first kappa shape index (κ1) is 12.8. The summed E-state index contributed by atoms with van der Waals surface area (Å²) in [6.07, 6.45) is 3.64. The Morgan fingerprint density at radius 2 is 2.19 bits per heavy atom. The summed E-state index contributed by atoms with van der Waals surface area (Å²) in [4.78, 5) is 6.34. The van der Waals surface area contributed by atoms with Crippen LogP contribution in [0.15, 0.2) is 18.5 Å². The van der Waals surface area contributed by atoms with Gasteiger partial charge in [-0.2, -0.15) is 0 Å². The lowest BCUT2D eigenvalue weighted by molar-refractivity contribution is 0.299. The maximum absolute atomic E-state index is 9.04. The molecule has 4 heteroatoms. The molecule has 1 rings (SSSR count). The topological polar surface area (TPSA) is 48.4 Å². The maximum atomic E-state index is 9.04. The molecule has 0 saturated heterocycles. The van der Waals surface area contributed by atoms with E-state index in [1.54, 1.807) is 0 Å². The molecule has 16 heavy (non-hydrogen) atoms. The van der Waals surface area contributed by atoms with Gasteiger partial charge < -0.3 is 15.3 Å². The van der Waals surface area contributed by atoms with Gasteiger partial charge in [0.15, 0.2) is 0 Å². The summed E-state index contributed by atoms with van der Waals surface area (Å²) in [5.41, 5.74) is 2.06. The van der Waals surface area contributed by atoms with Gasteiger partial charge in [0, 0.05) is 19.1 Å².